The lowest BCUT2D eigenvalue weighted by atomic mass is 9.89. The molecule has 0 aromatic carbocycles. The second kappa shape index (κ2) is 8.31. The quantitative estimate of drug-likeness (QED) is 0.806. The third kappa shape index (κ3) is 3.87. The minimum atomic E-state index is -0.982. The summed E-state index contributed by atoms with van der Waals surface area (Å²) < 4.78 is 20.6. The summed E-state index contributed by atoms with van der Waals surface area (Å²) in [5.41, 5.74) is 3.43. The lowest BCUT2D eigenvalue weighted by molar-refractivity contribution is 0.129. The zero-order chi connectivity index (χ0) is 21.5. The number of aliphatic hydroxyl groups is 1. The largest absolute Gasteiger partial charge is 0.385 e. The van der Waals surface area contributed by atoms with Crippen molar-refractivity contribution in [3.05, 3.63) is 50.5 Å². The molecule has 0 amide bonds. The Labute approximate surface area is 180 Å². The molecule has 1 N–H and O–H groups in total. The van der Waals surface area contributed by atoms with Gasteiger partial charge in [0.15, 0.2) is 0 Å². The van der Waals surface area contributed by atoms with Crippen LogP contribution in [0, 0.1) is 6.92 Å². The molecule has 2 atom stereocenters. The summed E-state index contributed by atoms with van der Waals surface area (Å²) in [5.74, 6) is 1.50. The molecule has 4 heterocycles. The van der Waals surface area contributed by atoms with Gasteiger partial charge in [0.05, 0.1) is 5.69 Å². The van der Waals surface area contributed by atoms with E-state index in [9.17, 15) is 14.3 Å². The van der Waals surface area contributed by atoms with Gasteiger partial charge < -0.3 is 14.5 Å². The van der Waals surface area contributed by atoms with Crippen LogP contribution in [0.25, 0.3) is 6.08 Å². The van der Waals surface area contributed by atoms with E-state index in [4.69, 9.17) is 4.52 Å². The molecule has 2 unspecified atom stereocenters. The Morgan fingerprint density at radius 3 is 2.87 bits per heavy atom. The van der Waals surface area contributed by atoms with Crippen molar-refractivity contribution >= 4 is 6.08 Å². The highest BCUT2D eigenvalue weighted by Crippen LogP contribution is 2.34. The summed E-state index contributed by atoms with van der Waals surface area (Å²) >= 11 is 0. The van der Waals surface area contributed by atoms with Crippen LogP contribution in [-0.4, -0.2) is 50.5 Å². The van der Waals surface area contributed by atoms with Crippen LogP contribution >= 0.6 is 0 Å². The predicted octanol–water partition coefficient (Wildman–Crippen LogP) is 2.70. The van der Waals surface area contributed by atoms with Gasteiger partial charge in [-0.1, -0.05) is 11.2 Å². The molecule has 2 aromatic rings. The lowest BCUT2D eigenvalue weighted by Crippen LogP contribution is -2.37. The van der Waals surface area contributed by atoms with E-state index in [-0.39, 0.29) is 12.0 Å². The number of hydrogen-bond donors (Lipinski definition) is 1. The molecule has 1 fully saturated rings. The number of allylic oxidation sites excluding steroid dienone is 1. The number of alkyl halides is 1. The first-order valence-corrected chi connectivity index (χ1v) is 11.3. The van der Waals surface area contributed by atoms with Crippen molar-refractivity contribution in [2.45, 2.75) is 70.2 Å². The van der Waals surface area contributed by atoms with E-state index < -0.39 is 12.3 Å². The van der Waals surface area contributed by atoms with Gasteiger partial charge in [-0.3, -0.25) is 9.36 Å². The van der Waals surface area contributed by atoms with Crippen LogP contribution in [0.2, 0.25) is 0 Å². The van der Waals surface area contributed by atoms with E-state index in [1.807, 2.05) is 13.0 Å². The molecule has 7 nitrogen and oxygen atoms in total. The van der Waals surface area contributed by atoms with Gasteiger partial charge in [0.1, 0.15) is 23.9 Å². The molecule has 2 aromatic heterocycles. The maximum absolute atomic E-state index is 13.5. The molecule has 0 spiro atoms. The maximum atomic E-state index is 13.5. The molecule has 3 aliphatic rings. The maximum Gasteiger partial charge on any atom is 0.257 e. The van der Waals surface area contributed by atoms with Gasteiger partial charge in [-0.25, -0.2) is 9.37 Å². The Bertz CT molecular complexity index is 1050. The van der Waals surface area contributed by atoms with E-state index >= 15 is 0 Å². The molecule has 5 rings (SSSR count). The van der Waals surface area contributed by atoms with E-state index in [0.717, 1.165) is 61.4 Å². The topological polar surface area (TPSA) is 84.4 Å². The molecule has 31 heavy (non-hydrogen) atoms. The highest BCUT2D eigenvalue weighted by atomic mass is 19.1. The van der Waals surface area contributed by atoms with Crippen molar-refractivity contribution in [2.75, 3.05) is 19.6 Å². The summed E-state index contributed by atoms with van der Waals surface area (Å²) in [4.78, 5) is 19.9. The molecule has 2 aliphatic heterocycles. The monoisotopic (exact) mass is 428 g/mol. The van der Waals surface area contributed by atoms with Crippen molar-refractivity contribution in [1.82, 2.24) is 19.6 Å². The molecule has 1 saturated heterocycles. The van der Waals surface area contributed by atoms with Crippen LogP contribution in [0.3, 0.4) is 0 Å². The van der Waals surface area contributed by atoms with Crippen LogP contribution in [0.1, 0.15) is 71.8 Å². The first kappa shape index (κ1) is 20.6. The third-order valence-corrected chi connectivity index (χ3v) is 6.99. The van der Waals surface area contributed by atoms with E-state index in [1.54, 1.807) is 10.6 Å². The van der Waals surface area contributed by atoms with Gasteiger partial charge in [0.2, 0.25) is 0 Å². The Balaban J connectivity index is 1.22. The standard InChI is InChI=1S/C23H29FN4O3/c1-14-17(23(30)28-9-2-3-19(29)22(28)25-14)8-12-27-10-6-15(7-11-27)21-18-5-4-16(24)13-20(18)31-26-21/h4-5,15-16,19,29H,2-3,6-13H2,1H3. The smallest absolute Gasteiger partial charge is 0.257 e. The Morgan fingerprint density at radius 2 is 2.06 bits per heavy atom. The molecule has 1 aliphatic carbocycles. The predicted molar refractivity (Wildman–Crippen MR) is 114 cm³/mol. The van der Waals surface area contributed by atoms with Crippen molar-refractivity contribution < 1.29 is 14.0 Å². The van der Waals surface area contributed by atoms with Crippen LogP contribution in [0.4, 0.5) is 4.39 Å². The minimum Gasteiger partial charge on any atom is -0.385 e. The number of hydrogen-bond acceptors (Lipinski definition) is 6. The number of aromatic nitrogens is 3. The molecule has 0 bridgehead atoms. The van der Waals surface area contributed by atoms with Crippen molar-refractivity contribution in [1.29, 1.82) is 0 Å². The van der Waals surface area contributed by atoms with Crippen LogP contribution in [0.5, 0.6) is 0 Å². The molecular weight excluding hydrogens is 399 g/mol. The highest BCUT2D eigenvalue weighted by Gasteiger charge is 2.29. The molecule has 166 valence electrons. The number of piperidine rings is 1. The van der Waals surface area contributed by atoms with Gasteiger partial charge in [0.25, 0.3) is 5.56 Å². The average Bonchev–Trinajstić information content (AvgIpc) is 3.18. The number of likely N-dealkylation sites (tertiary alicyclic amines) is 1. The minimum absolute atomic E-state index is 0.00307. The number of nitrogens with zero attached hydrogens (tertiary/aromatic N) is 4. The zero-order valence-corrected chi connectivity index (χ0v) is 17.9. The van der Waals surface area contributed by atoms with Gasteiger partial charge >= 0.3 is 0 Å². The Kier molecular flexibility index (Phi) is 5.52. The Hall–Kier alpha value is -2.32. The average molecular weight is 429 g/mol. The molecule has 8 heteroatoms. The molecule has 0 saturated carbocycles. The number of aryl methyl sites for hydroxylation is 1. The zero-order valence-electron chi connectivity index (χ0n) is 17.9. The number of aliphatic hydroxyl groups excluding tert-OH is 1. The van der Waals surface area contributed by atoms with Crippen LogP contribution < -0.4 is 5.56 Å². The second-order valence-electron chi connectivity index (χ2n) is 9.00. The van der Waals surface area contributed by atoms with Crippen molar-refractivity contribution in [3.8, 4) is 0 Å². The second-order valence-corrected chi connectivity index (χ2v) is 9.00. The SMILES string of the molecule is Cc1nc2n(c(=O)c1CCN1CCC(c3noc4c3C=CC(F)C4)CC1)CCCC2O. The summed E-state index contributed by atoms with van der Waals surface area (Å²) in [6.07, 6.45) is 6.14. The van der Waals surface area contributed by atoms with Gasteiger partial charge in [-0.2, -0.15) is 0 Å². The first-order valence-electron chi connectivity index (χ1n) is 11.3. The molecule has 0 radical (unpaired) electrons. The van der Waals surface area contributed by atoms with E-state index in [0.29, 0.717) is 36.9 Å². The fraction of sp³-hybridized carbons (Fsp3) is 0.609. The van der Waals surface area contributed by atoms with Gasteiger partial charge in [-0.05, 0) is 58.2 Å². The normalized spacial score (nSPS) is 24.2. The van der Waals surface area contributed by atoms with Crippen LogP contribution in [0.15, 0.2) is 15.4 Å². The summed E-state index contributed by atoms with van der Waals surface area (Å²) in [7, 11) is 0. The van der Waals surface area contributed by atoms with E-state index in [2.05, 4.69) is 15.0 Å². The summed E-state index contributed by atoms with van der Waals surface area (Å²) in [6, 6.07) is 0. The number of fused-ring (bicyclic) bond motifs is 2. The number of rotatable bonds is 4. The Morgan fingerprint density at radius 1 is 1.26 bits per heavy atom. The number of halogens is 1. The van der Waals surface area contributed by atoms with Crippen molar-refractivity contribution in [3.63, 3.8) is 0 Å². The van der Waals surface area contributed by atoms with Gasteiger partial charge in [0, 0.05) is 42.2 Å². The lowest BCUT2D eigenvalue weighted by Gasteiger charge is -2.31. The van der Waals surface area contributed by atoms with Gasteiger partial charge in [-0.15, -0.1) is 0 Å². The fourth-order valence-corrected chi connectivity index (χ4v) is 5.16. The summed E-state index contributed by atoms with van der Waals surface area (Å²) in [5, 5.41) is 14.4. The fourth-order valence-electron chi connectivity index (χ4n) is 5.16. The first-order chi connectivity index (χ1) is 15.0. The highest BCUT2D eigenvalue weighted by molar-refractivity contribution is 5.57. The summed E-state index contributed by atoms with van der Waals surface area (Å²) in [6.45, 7) is 5.18. The van der Waals surface area contributed by atoms with Crippen LogP contribution in [-0.2, 0) is 19.4 Å². The van der Waals surface area contributed by atoms with Crippen molar-refractivity contribution in [2.24, 2.45) is 0 Å². The molecular formula is C23H29FN4O3. The van der Waals surface area contributed by atoms with E-state index in [1.165, 1.54) is 0 Å². The third-order valence-electron chi connectivity index (χ3n) is 6.99.